The number of hydrogen-bond donors (Lipinski definition) is 2. The summed E-state index contributed by atoms with van der Waals surface area (Å²) in [5.74, 6) is 0.415. The molecule has 3 rings (SSSR count). The Balaban J connectivity index is 1.77. The lowest BCUT2D eigenvalue weighted by molar-refractivity contribution is 0.0963. The lowest BCUT2D eigenvalue weighted by atomic mass is 10.1. The molecule has 0 saturated carbocycles. The Hall–Kier alpha value is -3.15. The van der Waals surface area contributed by atoms with Gasteiger partial charge in [-0.3, -0.25) is 9.48 Å². The van der Waals surface area contributed by atoms with Crippen molar-refractivity contribution in [2.24, 2.45) is 7.05 Å². The van der Waals surface area contributed by atoms with Gasteiger partial charge in [0.15, 0.2) is 0 Å². The summed E-state index contributed by atoms with van der Waals surface area (Å²) in [4.78, 5) is 16.1. The van der Waals surface area contributed by atoms with Crippen LogP contribution in [0.3, 0.4) is 0 Å². The minimum Gasteiger partial charge on any atom is -0.365 e. The van der Waals surface area contributed by atoms with Gasteiger partial charge in [0.1, 0.15) is 5.82 Å². The fourth-order valence-corrected chi connectivity index (χ4v) is 2.48. The number of hydrogen-bond acceptors (Lipinski definition) is 4. The second-order valence-electron chi connectivity index (χ2n) is 5.44. The number of nitrogens with zero attached hydrogens (tertiary/aromatic N) is 3. The number of carbonyl (C=O) groups is 1. The van der Waals surface area contributed by atoms with Gasteiger partial charge in [-0.15, -0.1) is 0 Å². The fourth-order valence-electron chi connectivity index (χ4n) is 2.48. The van der Waals surface area contributed by atoms with E-state index < -0.39 is 0 Å². The molecule has 0 fully saturated rings. The minimum atomic E-state index is -0.158. The van der Waals surface area contributed by atoms with Crippen molar-refractivity contribution in [1.29, 1.82) is 0 Å². The molecule has 0 spiro atoms. The topological polar surface area (TPSA) is 71.8 Å². The predicted octanol–water partition coefficient (Wildman–Crippen LogP) is 2.45. The molecule has 0 aliphatic carbocycles. The van der Waals surface area contributed by atoms with E-state index >= 15 is 0 Å². The molecule has 0 atom stereocenters. The quantitative estimate of drug-likeness (QED) is 0.757. The molecule has 0 saturated heterocycles. The molecule has 0 bridgehead atoms. The molecule has 0 radical (unpaired) electrons. The summed E-state index contributed by atoms with van der Waals surface area (Å²) in [6.45, 7) is 0.578. The average Bonchev–Trinajstić information content (AvgIpc) is 3.06. The van der Waals surface area contributed by atoms with E-state index in [2.05, 4.69) is 32.8 Å². The van der Waals surface area contributed by atoms with E-state index in [-0.39, 0.29) is 5.91 Å². The highest BCUT2D eigenvalue weighted by molar-refractivity contribution is 5.98. The molecular weight excluding hydrogens is 302 g/mol. The highest BCUT2D eigenvalue weighted by Crippen LogP contribution is 2.20. The summed E-state index contributed by atoms with van der Waals surface area (Å²) in [7, 11) is 3.51. The summed E-state index contributed by atoms with van der Waals surface area (Å²) in [6.07, 6.45) is 5.49. The molecule has 2 N–H and O–H groups in total. The first-order valence-corrected chi connectivity index (χ1v) is 7.66. The molecule has 1 aromatic carbocycles. The van der Waals surface area contributed by atoms with Crippen LogP contribution in [0.25, 0.3) is 11.1 Å². The Morgan fingerprint density at radius 3 is 2.83 bits per heavy atom. The Morgan fingerprint density at radius 1 is 1.21 bits per heavy atom. The third-order valence-corrected chi connectivity index (χ3v) is 3.70. The normalized spacial score (nSPS) is 10.4. The van der Waals surface area contributed by atoms with Crippen LogP contribution < -0.4 is 10.6 Å². The largest absolute Gasteiger partial charge is 0.365 e. The van der Waals surface area contributed by atoms with Crippen LogP contribution in [0.1, 0.15) is 15.9 Å². The van der Waals surface area contributed by atoms with Crippen molar-refractivity contribution in [2.45, 2.75) is 6.54 Å². The molecule has 122 valence electrons. The van der Waals surface area contributed by atoms with Gasteiger partial charge in [0.25, 0.3) is 5.91 Å². The van der Waals surface area contributed by atoms with E-state index in [1.807, 2.05) is 31.6 Å². The van der Waals surface area contributed by atoms with Crippen molar-refractivity contribution in [1.82, 2.24) is 20.1 Å². The van der Waals surface area contributed by atoms with Crippen LogP contribution in [0.2, 0.25) is 0 Å². The highest BCUT2D eigenvalue weighted by atomic mass is 16.1. The molecule has 1 amide bonds. The zero-order valence-corrected chi connectivity index (χ0v) is 13.7. The van der Waals surface area contributed by atoms with Crippen LogP contribution >= 0.6 is 0 Å². The van der Waals surface area contributed by atoms with Crippen LogP contribution in [0.15, 0.2) is 55.0 Å². The number of aryl methyl sites for hydroxylation is 1. The Labute approximate surface area is 140 Å². The predicted molar refractivity (Wildman–Crippen MR) is 93.6 cm³/mol. The van der Waals surface area contributed by atoms with E-state index in [1.165, 1.54) is 0 Å². The maximum absolute atomic E-state index is 11.9. The Kier molecular flexibility index (Phi) is 4.56. The number of aromatic nitrogens is 3. The van der Waals surface area contributed by atoms with Crippen molar-refractivity contribution in [3.63, 3.8) is 0 Å². The summed E-state index contributed by atoms with van der Waals surface area (Å²) < 4.78 is 1.78. The number of nitrogens with one attached hydrogen (secondary N) is 2. The summed E-state index contributed by atoms with van der Waals surface area (Å²) >= 11 is 0. The third kappa shape index (κ3) is 3.43. The van der Waals surface area contributed by atoms with Gasteiger partial charge in [0.05, 0.1) is 11.8 Å². The molecule has 2 aromatic heterocycles. The number of rotatable bonds is 5. The van der Waals surface area contributed by atoms with Gasteiger partial charge in [-0.25, -0.2) is 4.98 Å². The molecule has 0 aliphatic heterocycles. The first-order chi connectivity index (χ1) is 11.7. The van der Waals surface area contributed by atoms with Crippen LogP contribution in [0.4, 0.5) is 5.82 Å². The molecule has 2 heterocycles. The van der Waals surface area contributed by atoms with E-state index in [0.717, 1.165) is 16.7 Å². The second-order valence-corrected chi connectivity index (χ2v) is 5.44. The minimum absolute atomic E-state index is 0.158. The van der Waals surface area contributed by atoms with Crippen LogP contribution in [0, 0.1) is 0 Å². The van der Waals surface area contributed by atoms with Crippen molar-refractivity contribution >= 4 is 11.7 Å². The first-order valence-electron chi connectivity index (χ1n) is 7.66. The summed E-state index contributed by atoms with van der Waals surface area (Å²) in [5.41, 5.74) is 3.81. The standard InChI is InChI=1S/C18H19N5O/c1-19-18(24)16-7-4-8-20-17(16)21-10-13-5-3-6-14(9-13)15-11-22-23(2)12-15/h3-9,11-12H,10H2,1-2H3,(H,19,24)(H,20,21). The van der Waals surface area contributed by atoms with Crippen molar-refractivity contribution < 1.29 is 4.79 Å². The van der Waals surface area contributed by atoms with Gasteiger partial charge in [-0.2, -0.15) is 5.10 Å². The van der Waals surface area contributed by atoms with Crippen molar-refractivity contribution in [2.75, 3.05) is 12.4 Å². The highest BCUT2D eigenvalue weighted by Gasteiger charge is 2.10. The maximum atomic E-state index is 11.9. The van der Waals surface area contributed by atoms with Crippen molar-refractivity contribution in [3.8, 4) is 11.1 Å². The average molecular weight is 321 g/mol. The Bertz CT molecular complexity index is 856. The fraction of sp³-hybridized carbons (Fsp3) is 0.167. The lowest BCUT2D eigenvalue weighted by Gasteiger charge is -2.10. The monoisotopic (exact) mass is 321 g/mol. The van der Waals surface area contributed by atoms with E-state index in [0.29, 0.717) is 17.9 Å². The molecular formula is C18H19N5O. The summed E-state index contributed by atoms with van der Waals surface area (Å²) in [5, 5.41) is 10.1. The Morgan fingerprint density at radius 2 is 2.08 bits per heavy atom. The number of anilines is 1. The van der Waals surface area contributed by atoms with Gasteiger partial charge >= 0.3 is 0 Å². The maximum Gasteiger partial charge on any atom is 0.254 e. The molecule has 0 aliphatic rings. The number of carbonyl (C=O) groups excluding carboxylic acids is 1. The summed E-state index contributed by atoms with van der Waals surface area (Å²) in [6, 6.07) is 11.7. The van der Waals surface area contributed by atoms with Gasteiger partial charge in [-0.1, -0.05) is 18.2 Å². The number of benzene rings is 1. The third-order valence-electron chi connectivity index (χ3n) is 3.70. The van der Waals surface area contributed by atoms with E-state index in [1.54, 1.807) is 30.1 Å². The van der Waals surface area contributed by atoms with Gasteiger partial charge < -0.3 is 10.6 Å². The zero-order valence-electron chi connectivity index (χ0n) is 13.7. The smallest absolute Gasteiger partial charge is 0.254 e. The zero-order chi connectivity index (χ0) is 16.9. The van der Waals surface area contributed by atoms with Gasteiger partial charge in [0, 0.05) is 38.6 Å². The van der Waals surface area contributed by atoms with Gasteiger partial charge in [0.2, 0.25) is 0 Å². The van der Waals surface area contributed by atoms with E-state index in [4.69, 9.17) is 0 Å². The van der Waals surface area contributed by atoms with Crippen LogP contribution in [-0.2, 0) is 13.6 Å². The number of pyridine rings is 1. The van der Waals surface area contributed by atoms with Crippen LogP contribution in [-0.4, -0.2) is 27.7 Å². The molecule has 24 heavy (non-hydrogen) atoms. The van der Waals surface area contributed by atoms with Crippen LogP contribution in [0.5, 0.6) is 0 Å². The number of amides is 1. The second kappa shape index (κ2) is 6.95. The van der Waals surface area contributed by atoms with Gasteiger partial charge in [-0.05, 0) is 29.3 Å². The first kappa shape index (κ1) is 15.7. The molecule has 0 unspecified atom stereocenters. The molecule has 6 nitrogen and oxygen atoms in total. The molecule has 6 heteroatoms. The SMILES string of the molecule is CNC(=O)c1cccnc1NCc1cccc(-c2cnn(C)c2)c1. The van der Waals surface area contributed by atoms with Crippen molar-refractivity contribution in [3.05, 3.63) is 66.1 Å². The lowest BCUT2D eigenvalue weighted by Crippen LogP contribution is -2.20. The van der Waals surface area contributed by atoms with E-state index in [9.17, 15) is 4.79 Å². The molecule has 3 aromatic rings.